The smallest absolute Gasteiger partial charge is 0.229 e. The zero-order chi connectivity index (χ0) is 22.8. The Labute approximate surface area is 194 Å². The quantitative estimate of drug-likeness (QED) is 0.372. The summed E-state index contributed by atoms with van der Waals surface area (Å²) in [6.07, 6.45) is 7.38. The number of fused-ring (bicyclic) bond motifs is 1. The fourth-order valence-corrected chi connectivity index (χ4v) is 4.59. The molecule has 0 aliphatic rings. The number of carbonyl (C=O) groups is 1. The monoisotopic (exact) mass is 455 g/mol. The lowest BCUT2D eigenvalue weighted by atomic mass is 10.1. The SMILES string of the molecule is Cc1ccnc(NC(=O)Cc2ccc(Oc3ccnc4cc(-c5nccn5C)sc34)cc2)c1. The summed E-state index contributed by atoms with van der Waals surface area (Å²) in [4.78, 5) is 26.4. The largest absolute Gasteiger partial charge is 0.456 e. The Kier molecular flexibility index (Phi) is 5.58. The number of carbonyl (C=O) groups excluding carboxylic acids is 1. The Balaban J connectivity index is 1.29. The first-order valence-electron chi connectivity index (χ1n) is 10.4. The maximum absolute atomic E-state index is 12.3. The lowest BCUT2D eigenvalue weighted by molar-refractivity contribution is -0.115. The molecular formula is C25H21N5O2S. The van der Waals surface area contributed by atoms with Crippen molar-refractivity contribution in [3.8, 4) is 22.2 Å². The van der Waals surface area contributed by atoms with Crippen LogP contribution in [0.1, 0.15) is 11.1 Å². The van der Waals surface area contributed by atoms with Crippen LogP contribution in [0.25, 0.3) is 20.9 Å². The van der Waals surface area contributed by atoms with Gasteiger partial charge in [0.1, 0.15) is 23.1 Å². The highest BCUT2D eigenvalue weighted by Gasteiger charge is 2.13. The molecule has 7 nitrogen and oxygen atoms in total. The molecule has 1 N–H and O–H groups in total. The van der Waals surface area contributed by atoms with Crippen molar-refractivity contribution in [2.45, 2.75) is 13.3 Å². The molecule has 4 aromatic heterocycles. The molecule has 0 aliphatic heterocycles. The van der Waals surface area contributed by atoms with Crippen molar-refractivity contribution in [2.75, 3.05) is 5.32 Å². The van der Waals surface area contributed by atoms with E-state index in [9.17, 15) is 4.79 Å². The van der Waals surface area contributed by atoms with Gasteiger partial charge in [-0.1, -0.05) is 12.1 Å². The molecule has 33 heavy (non-hydrogen) atoms. The van der Waals surface area contributed by atoms with Gasteiger partial charge in [-0.05, 0) is 48.4 Å². The van der Waals surface area contributed by atoms with Crippen LogP contribution in [0.2, 0.25) is 0 Å². The highest BCUT2D eigenvalue weighted by molar-refractivity contribution is 7.22. The third-order valence-corrected chi connectivity index (χ3v) is 6.25. The molecule has 0 fully saturated rings. The number of nitrogens with one attached hydrogen (secondary N) is 1. The number of aromatic nitrogens is 4. The van der Waals surface area contributed by atoms with Crippen molar-refractivity contribution >= 4 is 33.3 Å². The fraction of sp³-hybridized carbons (Fsp3) is 0.120. The van der Waals surface area contributed by atoms with Gasteiger partial charge in [0.2, 0.25) is 5.91 Å². The minimum absolute atomic E-state index is 0.113. The van der Waals surface area contributed by atoms with Crippen LogP contribution < -0.4 is 10.1 Å². The van der Waals surface area contributed by atoms with E-state index in [-0.39, 0.29) is 12.3 Å². The predicted octanol–water partition coefficient (Wildman–Crippen LogP) is 5.37. The first-order valence-corrected chi connectivity index (χ1v) is 11.2. The van der Waals surface area contributed by atoms with E-state index in [1.165, 1.54) is 0 Å². The number of ether oxygens (including phenoxy) is 1. The van der Waals surface area contributed by atoms with Crippen LogP contribution in [0.3, 0.4) is 0 Å². The second-order valence-electron chi connectivity index (χ2n) is 7.69. The average Bonchev–Trinajstić information content (AvgIpc) is 3.41. The molecule has 0 bridgehead atoms. The van der Waals surface area contributed by atoms with Gasteiger partial charge in [-0.3, -0.25) is 9.78 Å². The summed E-state index contributed by atoms with van der Waals surface area (Å²) in [5, 5.41) is 2.83. The summed E-state index contributed by atoms with van der Waals surface area (Å²) in [5.74, 6) is 2.77. The molecule has 8 heteroatoms. The van der Waals surface area contributed by atoms with Gasteiger partial charge in [0.25, 0.3) is 0 Å². The second-order valence-corrected chi connectivity index (χ2v) is 8.74. The molecular weight excluding hydrogens is 434 g/mol. The zero-order valence-electron chi connectivity index (χ0n) is 18.1. The molecule has 0 saturated heterocycles. The number of aryl methyl sites for hydroxylation is 2. The van der Waals surface area contributed by atoms with Crippen LogP contribution in [0.5, 0.6) is 11.5 Å². The molecule has 5 rings (SSSR count). The highest BCUT2D eigenvalue weighted by atomic mass is 32.1. The van der Waals surface area contributed by atoms with E-state index in [1.54, 1.807) is 29.9 Å². The van der Waals surface area contributed by atoms with Crippen LogP contribution in [-0.4, -0.2) is 25.4 Å². The molecule has 0 radical (unpaired) electrons. The van der Waals surface area contributed by atoms with Gasteiger partial charge in [0.05, 0.1) is 21.5 Å². The van der Waals surface area contributed by atoms with Crippen molar-refractivity contribution in [1.29, 1.82) is 0 Å². The fourth-order valence-electron chi connectivity index (χ4n) is 3.49. The Morgan fingerprint density at radius 3 is 2.61 bits per heavy atom. The number of pyridine rings is 2. The second kappa shape index (κ2) is 8.84. The van der Waals surface area contributed by atoms with Gasteiger partial charge in [-0.15, -0.1) is 11.3 Å². The minimum atomic E-state index is -0.113. The van der Waals surface area contributed by atoms with E-state index in [0.29, 0.717) is 11.6 Å². The molecule has 1 aromatic carbocycles. The molecule has 0 atom stereocenters. The van der Waals surface area contributed by atoms with E-state index in [0.717, 1.165) is 37.8 Å². The Bertz CT molecular complexity index is 1440. The van der Waals surface area contributed by atoms with Crippen molar-refractivity contribution in [3.05, 3.63) is 84.4 Å². The number of thiophene rings is 1. The molecule has 0 spiro atoms. The summed E-state index contributed by atoms with van der Waals surface area (Å²) in [7, 11) is 1.97. The van der Waals surface area contributed by atoms with Crippen molar-refractivity contribution in [3.63, 3.8) is 0 Å². The van der Waals surface area contributed by atoms with Gasteiger partial charge in [-0.25, -0.2) is 9.97 Å². The summed E-state index contributed by atoms with van der Waals surface area (Å²) >= 11 is 1.60. The van der Waals surface area contributed by atoms with Crippen LogP contribution in [0, 0.1) is 6.92 Å². The van der Waals surface area contributed by atoms with Crippen molar-refractivity contribution < 1.29 is 9.53 Å². The number of benzene rings is 1. The molecule has 4 heterocycles. The van der Waals surface area contributed by atoms with Gasteiger partial charge in [0.15, 0.2) is 0 Å². The Morgan fingerprint density at radius 2 is 1.85 bits per heavy atom. The summed E-state index contributed by atoms with van der Waals surface area (Å²) < 4.78 is 9.10. The standard InChI is InChI=1S/C25H21N5O2S/c1-16-7-9-27-22(13-16)29-23(31)14-17-3-5-18(6-4-17)32-20-8-10-26-19-15-21(33-24(19)20)25-28-11-12-30(25)2/h3-13,15H,14H2,1-2H3,(H,27,29,31). The predicted molar refractivity (Wildman–Crippen MR) is 130 cm³/mol. The highest BCUT2D eigenvalue weighted by Crippen LogP contribution is 2.38. The normalized spacial score (nSPS) is 11.0. The number of hydrogen-bond acceptors (Lipinski definition) is 6. The van der Waals surface area contributed by atoms with Gasteiger partial charge in [0, 0.05) is 37.9 Å². The summed E-state index contributed by atoms with van der Waals surface area (Å²) in [5.41, 5.74) is 2.80. The van der Waals surface area contributed by atoms with Crippen LogP contribution in [0.15, 0.2) is 73.3 Å². The number of amides is 1. The average molecular weight is 456 g/mol. The number of imidazole rings is 1. The van der Waals surface area contributed by atoms with Crippen molar-refractivity contribution in [2.24, 2.45) is 7.05 Å². The van der Waals surface area contributed by atoms with E-state index in [1.807, 2.05) is 73.3 Å². The first kappa shape index (κ1) is 20.8. The van der Waals surface area contributed by atoms with E-state index in [4.69, 9.17) is 4.74 Å². The minimum Gasteiger partial charge on any atom is -0.456 e. The molecule has 0 saturated carbocycles. The first-order chi connectivity index (χ1) is 16.0. The number of rotatable bonds is 6. The maximum Gasteiger partial charge on any atom is 0.229 e. The molecule has 164 valence electrons. The van der Waals surface area contributed by atoms with Gasteiger partial charge < -0.3 is 14.6 Å². The summed E-state index contributed by atoms with van der Waals surface area (Å²) in [6.45, 7) is 1.96. The van der Waals surface area contributed by atoms with E-state index in [2.05, 4.69) is 20.3 Å². The topological polar surface area (TPSA) is 81.9 Å². The third-order valence-electron chi connectivity index (χ3n) is 5.12. The third kappa shape index (κ3) is 4.61. The van der Waals surface area contributed by atoms with E-state index < -0.39 is 0 Å². The molecule has 0 unspecified atom stereocenters. The molecule has 0 aliphatic carbocycles. The van der Waals surface area contributed by atoms with Crippen LogP contribution in [0.4, 0.5) is 5.82 Å². The van der Waals surface area contributed by atoms with E-state index >= 15 is 0 Å². The Hall–Kier alpha value is -4.04. The maximum atomic E-state index is 12.3. The summed E-state index contributed by atoms with van der Waals surface area (Å²) in [6, 6.07) is 15.1. The zero-order valence-corrected chi connectivity index (χ0v) is 19.0. The molecule has 5 aromatic rings. The number of nitrogens with zero attached hydrogens (tertiary/aromatic N) is 4. The lowest BCUT2D eigenvalue weighted by Crippen LogP contribution is -2.15. The Morgan fingerprint density at radius 1 is 1.03 bits per heavy atom. The van der Waals surface area contributed by atoms with Crippen LogP contribution in [-0.2, 0) is 18.3 Å². The molecule has 1 amide bonds. The number of hydrogen-bond donors (Lipinski definition) is 1. The van der Waals surface area contributed by atoms with Gasteiger partial charge >= 0.3 is 0 Å². The van der Waals surface area contributed by atoms with Crippen molar-refractivity contribution in [1.82, 2.24) is 19.5 Å². The number of anilines is 1. The van der Waals surface area contributed by atoms with Crippen LogP contribution >= 0.6 is 11.3 Å². The lowest BCUT2D eigenvalue weighted by Gasteiger charge is -2.08. The van der Waals surface area contributed by atoms with Gasteiger partial charge in [-0.2, -0.15) is 0 Å².